The van der Waals surface area contributed by atoms with E-state index in [-0.39, 0.29) is 23.9 Å². The lowest BCUT2D eigenvalue weighted by molar-refractivity contribution is 0.0962. The van der Waals surface area contributed by atoms with Crippen LogP contribution in [0.15, 0.2) is 24.3 Å². The van der Waals surface area contributed by atoms with Crippen LogP contribution in [0.5, 0.6) is 0 Å². The van der Waals surface area contributed by atoms with E-state index in [1.807, 2.05) is 46.8 Å². The smallest absolute Gasteiger partial charge is 0.269 e. The Morgan fingerprint density at radius 2 is 1.32 bits per heavy atom. The summed E-state index contributed by atoms with van der Waals surface area (Å²) in [6.45, 7) is 9.94. The van der Waals surface area contributed by atoms with E-state index >= 15 is 0 Å². The van der Waals surface area contributed by atoms with E-state index in [1.165, 1.54) is 0 Å². The largest absolute Gasteiger partial charge is 0.352 e. The Balaban J connectivity index is 2.11. The van der Waals surface area contributed by atoms with Gasteiger partial charge in [-0.25, -0.2) is 0 Å². The predicted octanol–water partition coefficient (Wildman–Crippen LogP) is 2.58. The van der Waals surface area contributed by atoms with Crippen molar-refractivity contribution >= 4 is 23.8 Å². The van der Waals surface area contributed by atoms with Gasteiger partial charge in [-0.15, -0.1) is 0 Å². The number of anilines is 3. The molecule has 0 atom stereocenters. The third-order valence-electron chi connectivity index (χ3n) is 3.07. The Bertz CT molecular complexity index is 685. The average molecular weight is 343 g/mol. The molecule has 0 radical (unpaired) electrons. The number of carbonyl (C=O) groups is 1. The molecular weight excluding hydrogens is 318 g/mol. The second-order valence-electron chi connectivity index (χ2n) is 6.35. The molecule has 4 N–H and O–H groups in total. The van der Waals surface area contributed by atoms with Crippen LogP contribution in [0.1, 0.15) is 43.6 Å². The van der Waals surface area contributed by atoms with Gasteiger partial charge >= 0.3 is 0 Å². The van der Waals surface area contributed by atoms with Crippen molar-refractivity contribution in [2.75, 3.05) is 16.1 Å². The summed E-state index contributed by atoms with van der Waals surface area (Å²) in [6.07, 6.45) is 0. The van der Waals surface area contributed by atoms with Crippen LogP contribution < -0.4 is 21.5 Å². The fourth-order valence-electron chi connectivity index (χ4n) is 1.97. The van der Waals surface area contributed by atoms with Gasteiger partial charge < -0.3 is 10.6 Å². The number of nitrogens with zero attached hydrogens (tertiary/aromatic N) is 3. The van der Waals surface area contributed by atoms with Crippen LogP contribution >= 0.6 is 0 Å². The molecule has 0 saturated carbocycles. The van der Waals surface area contributed by atoms with Crippen molar-refractivity contribution in [3.8, 4) is 0 Å². The molecule has 0 unspecified atom stereocenters. The molecule has 0 saturated heterocycles. The van der Waals surface area contributed by atoms with Crippen molar-refractivity contribution in [3.05, 3.63) is 35.4 Å². The average Bonchev–Trinajstić information content (AvgIpc) is 2.51. The van der Waals surface area contributed by atoms with Crippen molar-refractivity contribution in [2.45, 2.75) is 46.7 Å². The monoisotopic (exact) mass is 343 g/mol. The molecular formula is C17H25N7O. The molecule has 0 fully saturated rings. The summed E-state index contributed by atoms with van der Waals surface area (Å²) in [7, 11) is 0. The summed E-state index contributed by atoms with van der Waals surface area (Å²) in [4.78, 5) is 25.0. The van der Waals surface area contributed by atoms with Crippen molar-refractivity contribution in [3.63, 3.8) is 0 Å². The third-order valence-corrected chi connectivity index (χ3v) is 3.07. The first-order valence-corrected chi connectivity index (χ1v) is 8.25. The van der Waals surface area contributed by atoms with Gasteiger partial charge in [0.2, 0.25) is 17.8 Å². The Morgan fingerprint density at radius 1 is 0.840 bits per heavy atom. The first kappa shape index (κ1) is 18.4. The van der Waals surface area contributed by atoms with Crippen LogP contribution in [0, 0.1) is 6.92 Å². The third kappa shape index (κ3) is 5.91. The molecule has 0 spiro atoms. The van der Waals surface area contributed by atoms with Gasteiger partial charge in [-0.1, -0.05) is 17.7 Å². The van der Waals surface area contributed by atoms with E-state index in [0.29, 0.717) is 17.5 Å². The summed E-state index contributed by atoms with van der Waals surface area (Å²) in [5, 5.41) is 6.26. The number of aromatic nitrogens is 3. The van der Waals surface area contributed by atoms with Crippen LogP contribution in [-0.4, -0.2) is 32.9 Å². The molecule has 0 bridgehead atoms. The van der Waals surface area contributed by atoms with Crippen LogP contribution in [0.3, 0.4) is 0 Å². The van der Waals surface area contributed by atoms with Crippen LogP contribution in [0.25, 0.3) is 0 Å². The van der Waals surface area contributed by atoms with Crippen molar-refractivity contribution in [1.82, 2.24) is 20.4 Å². The van der Waals surface area contributed by atoms with Crippen LogP contribution in [-0.2, 0) is 0 Å². The lowest BCUT2D eigenvalue weighted by Gasteiger charge is -2.14. The van der Waals surface area contributed by atoms with Gasteiger partial charge in [0.05, 0.1) is 0 Å². The van der Waals surface area contributed by atoms with E-state index in [2.05, 4.69) is 36.4 Å². The van der Waals surface area contributed by atoms with Crippen molar-refractivity contribution in [2.24, 2.45) is 0 Å². The normalized spacial score (nSPS) is 10.7. The number of carbonyl (C=O) groups excluding carboxylic acids is 1. The topological polar surface area (TPSA) is 104 Å². The zero-order chi connectivity index (χ0) is 18.4. The molecule has 2 aromatic rings. The predicted molar refractivity (Wildman–Crippen MR) is 99.6 cm³/mol. The molecule has 1 aromatic carbocycles. The second kappa shape index (κ2) is 8.27. The first-order valence-electron chi connectivity index (χ1n) is 8.25. The van der Waals surface area contributed by atoms with Gasteiger partial charge in [0, 0.05) is 17.6 Å². The summed E-state index contributed by atoms with van der Waals surface area (Å²) in [5.41, 5.74) is 6.98. The zero-order valence-electron chi connectivity index (χ0n) is 15.2. The second-order valence-corrected chi connectivity index (χ2v) is 6.35. The minimum absolute atomic E-state index is 0.171. The Labute approximate surface area is 147 Å². The molecule has 2 rings (SSSR count). The SMILES string of the molecule is Cc1ccc(C(=O)NNc2nc(NC(C)C)nc(NC(C)C)n2)cc1. The quantitative estimate of drug-likeness (QED) is 0.573. The van der Waals surface area contributed by atoms with Gasteiger partial charge in [0.25, 0.3) is 5.91 Å². The summed E-state index contributed by atoms with van der Waals surface area (Å²) >= 11 is 0. The molecule has 0 aliphatic heterocycles. The first-order chi connectivity index (χ1) is 11.8. The fourth-order valence-corrected chi connectivity index (χ4v) is 1.97. The highest BCUT2D eigenvalue weighted by Crippen LogP contribution is 2.11. The van der Waals surface area contributed by atoms with E-state index in [1.54, 1.807) is 12.1 Å². The molecule has 8 heteroatoms. The van der Waals surface area contributed by atoms with Gasteiger partial charge in [-0.3, -0.25) is 15.6 Å². The highest BCUT2D eigenvalue weighted by Gasteiger charge is 2.10. The van der Waals surface area contributed by atoms with E-state index < -0.39 is 0 Å². The highest BCUT2D eigenvalue weighted by atomic mass is 16.2. The molecule has 1 amide bonds. The number of benzene rings is 1. The minimum atomic E-state index is -0.267. The zero-order valence-corrected chi connectivity index (χ0v) is 15.2. The lowest BCUT2D eigenvalue weighted by Crippen LogP contribution is -2.31. The maximum absolute atomic E-state index is 12.2. The molecule has 25 heavy (non-hydrogen) atoms. The van der Waals surface area contributed by atoms with Crippen LogP contribution in [0.2, 0.25) is 0 Å². The molecule has 8 nitrogen and oxygen atoms in total. The van der Waals surface area contributed by atoms with E-state index in [9.17, 15) is 4.79 Å². The van der Waals surface area contributed by atoms with Gasteiger partial charge in [0.1, 0.15) is 0 Å². The minimum Gasteiger partial charge on any atom is -0.352 e. The number of hydrazine groups is 1. The molecule has 1 aromatic heterocycles. The number of aryl methyl sites for hydroxylation is 1. The van der Waals surface area contributed by atoms with Gasteiger partial charge in [0.15, 0.2) is 0 Å². The lowest BCUT2D eigenvalue weighted by atomic mass is 10.1. The van der Waals surface area contributed by atoms with E-state index in [0.717, 1.165) is 5.56 Å². The van der Waals surface area contributed by atoms with Gasteiger partial charge in [-0.2, -0.15) is 15.0 Å². The molecule has 0 aliphatic carbocycles. The maximum Gasteiger partial charge on any atom is 0.269 e. The molecule has 134 valence electrons. The Hall–Kier alpha value is -2.90. The van der Waals surface area contributed by atoms with Crippen molar-refractivity contribution in [1.29, 1.82) is 0 Å². The van der Waals surface area contributed by atoms with Crippen LogP contribution in [0.4, 0.5) is 17.8 Å². The van der Waals surface area contributed by atoms with Crippen molar-refractivity contribution < 1.29 is 4.79 Å². The standard InChI is InChI=1S/C17H25N7O/c1-10(2)18-15-20-16(19-11(3)4)22-17(21-15)24-23-14(25)13-8-6-12(5)7-9-13/h6-11H,1-5H3,(H,23,25)(H3,18,19,20,21,22,24). The summed E-state index contributed by atoms with van der Waals surface area (Å²) in [6, 6.07) is 7.63. The number of rotatable bonds is 7. The fraction of sp³-hybridized carbons (Fsp3) is 0.412. The number of amides is 1. The van der Waals surface area contributed by atoms with Gasteiger partial charge in [-0.05, 0) is 46.8 Å². The number of hydrogen-bond acceptors (Lipinski definition) is 7. The maximum atomic E-state index is 12.2. The Morgan fingerprint density at radius 3 is 1.80 bits per heavy atom. The molecule has 0 aliphatic rings. The Kier molecular flexibility index (Phi) is 6.10. The summed E-state index contributed by atoms with van der Waals surface area (Å²) < 4.78 is 0. The highest BCUT2D eigenvalue weighted by molar-refractivity contribution is 5.94. The number of hydrogen-bond donors (Lipinski definition) is 4. The number of nitrogens with one attached hydrogen (secondary N) is 4. The molecule has 1 heterocycles. The van der Waals surface area contributed by atoms with E-state index in [4.69, 9.17) is 0 Å². The summed E-state index contributed by atoms with van der Waals surface area (Å²) in [5.74, 6) is 0.847.